The van der Waals surface area contributed by atoms with Crippen LogP contribution in [0.3, 0.4) is 0 Å². The summed E-state index contributed by atoms with van der Waals surface area (Å²) in [4.78, 5) is 2.36. The van der Waals surface area contributed by atoms with E-state index < -0.39 is 0 Å². The summed E-state index contributed by atoms with van der Waals surface area (Å²) in [6.45, 7) is 12.8. The van der Waals surface area contributed by atoms with Gasteiger partial charge in [-0.25, -0.2) is 0 Å². The van der Waals surface area contributed by atoms with E-state index in [-0.39, 0.29) is 21.7 Å². The van der Waals surface area contributed by atoms with Crippen molar-refractivity contribution >= 4 is 0 Å². The summed E-state index contributed by atoms with van der Waals surface area (Å²) in [7, 11) is 2.00. The van der Waals surface area contributed by atoms with Crippen molar-refractivity contribution in [2.45, 2.75) is 33.2 Å². The summed E-state index contributed by atoms with van der Waals surface area (Å²) in [6.07, 6.45) is 1.15. The number of hydrogen-bond donors (Lipinski definition) is 2. The van der Waals surface area contributed by atoms with Crippen LogP contribution >= 0.6 is 0 Å². The van der Waals surface area contributed by atoms with Crippen LogP contribution in [0.2, 0.25) is 0 Å². The Balaban J connectivity index is -0.0000000883. The standard InChI is InChI=1S/C8H18N.2CH4O.Ti/c1-5-8(4)9(6-2)7-3;2*1-2;/h8H,4-7H2,1-3H3;2*2H,1H3;/q-1;;;. The van der Waals surface area contributed by atoms with Gasteiger partial charge in [0.1, 0.15) is 0 Å². The maximum atomic E-state index is 7.00. The predicted molar refractivity (Wildman–Crippen MR) is 58.6 cm³/mol. The molecule has 1 atom stereocenters. The molecule has 0 heterocycles. The fourth-order valence-electron chi connectivity index (χ4n) is 0.998. The fraction of sp³-hybridized carbons (Fsp3) is 0.900. The van der Waals surface area contributed by atoms with Crippen LogP contribution in [0.25, 0.3) is 0 Å². The normalized spacial score (nSPS) is 10.1. The summed E-state index contributed by atoms with van der Waals surface area (Å²) >= 11 is 0. The van der Waals surface area contributed by atoms with E-state index in [1.54, 1.807) is 0 Å². The third-order valence-corrected chi connectivity index (χ3v) is 1.80. The van der Waals surface area contributed by atoms with Crippen molar-refractivity contribution in [3.05, 3.63) is 6.92 Å². The second-order valence-corrected chi connectivity index (χ2v) is 2.28. The van der Waals surface area contributed by atoms with Gasteiger partial charge in [0.15, 0.2) is 0 Å². The van der Waals surface area contributed by atoms with Gasteiger partial charge in [0.25, 0.3) is 0 Å². The molecule has 0 aromatic rings. The molecule has 0 rings (SSSR count). The van der Waals surface area contributed by atoms with Crippen LogP contribution in [0.5, 0.6) is 0 Å². The largest absolute Gasteiger partial charge is 0.400 e. The van der Waals surface area contributed by atoms with E-state index in [0.29, 0.717) is 6.04 Å². The maximum Gasteiger partial charge on any atom is 0.0319 e. The van der Waals surface area contributed by atoms with E-state index in [4.69, 9.17) is 10.2 Å². The first-order chi connectivity index (χ1) is 6.26. The molecule has 0 aromatic heterocycles. The molecule has 4 heteroatoms. The van der Waals surface area contributed by atoms with Gasteiger partial charge in [-0.3, -0.25) is 0 Å². The van der Waals surface area contributed by atoms with Crippen molar-refractivity contribution in [3.63, 3.8) is 0 Å². The predicted octanol–water partition coefficient (Wildman–Crippen LogP) is 1.16. The van der Waals surface area contributed by atoms with Crippen LogP contribution in [0.4, 0.5) is 0 Å². The molecule has 14 heavy (non-hydrogen) atoms. The minimum Gasteiger partial charge on any atom is -0.400 e. The Labute approximate surface area is 104 Å². The zero-order chi connectivity index (χ0) is 11.3. The van der Waals surface area contributed by atoms with Crippen molar-refractivity contribution in [1.29, 1.82) is 0 Å². The van der Waals surface area contributed by atoms with Gasteiger partial charge in [-0.15, -0.1) is 6.04 Å². The van der Waals surface area contributed by atoms with Crippen LogP contribution < -0.4 is 0 Å². The fourth-order valence-corrected chi connectivity index (χ4v) is 0.998. The minimum absolute atomic E-state index is 0. The summed E-state index contributed by atoms with van der Waals surface area (Å²) in [5.41, 5.74) is 0. The summed E-state index contributed by atoms with van der Waals surface area (Å²) in [5, 5.41) is 14.0. The number of nitrogens with zero attached hydrogens (tertiary/aromatic N) is 1. The Hall–Kier alpha value is 0.594. The molecule has 0 radical (unpaired) electrons. The molecule has 3 nitrogen and oxygen atoms in total. The van der Waals surface area contributed by atoms with Crippen molar-refractivity contribution < 1.29 is 31.9 Å². The second-order valence-electron chi connectivity index (χ2n) is 2.28. The van der Waals surface area contributed by atoms with E-state index in [2.05, 4.69) is 32.6 Å². The molecule has 0 aromatic carbocycles. The van der Waals surface area contributed by atoms with Crippen LogP contribution in [-0.4, -0.2) is 48.5 Å². The monoisotopic (exact) mass is 240 g/mol. The van der Waals surface area contributed by atoms with Crippen molar-refractivity contribution in [1.82, 2.24) is 4.90 Å². The van der Waals surface area contributed by atoms with E-state index in [9.17, 15) is 0 Å². The molecule has 0 saturated carbocycles. The molecule has 88 valence electrons. The molecule has 0 amide bonds. The Morgan fingerprint density at radius 2 is 1.29 bits per heavy atom. The van der Waals surface area contributed by atoms with Crippen LogP contribution in [-0.2, 0) is 21.7 Å². The molecular formula is C10H26NO2Ti-. The van der Waals surface area contributed by atoms with Gasteiger partial charge in [0, 0.05) is 35.9 Å². The van der Waals surface area contributed by atoms with Gasteiger partial charge in [-0.2, -0.15) is 0 Å². The summed E-state index contributed by atoms with van der Waals surface area (Å²) in [5.74, 6) is 0. The van der Waals surface area contributed by atoms with Crippen molar-refractivity contribution in [2.24, 2.45) is 0 Å². The van der Waals surface area contributed by atoms with E-state index in [1.165, 1.54) is 0 Å². The number of aliphatic hydroxyl groups excluding tert-OH is 2. The van der Waals surface area contributed by atoms with E-state index >= 15 is 0 Å². The Kier molecular flexibility index (Phi) is 40.2. The van der Waals surface area contributed by atoms with E-state index in [0.717, 1.165) is 33.7 Å². The smallest absolute Gasteiger partial charge is 0.0319 e. The Bertz CT molecular complexity index is 71.1. The molecule has 1 unspecified atom stereocenters. The van der Waals surface area contributed by atoms with Gasteiger partial charge in [-0.1, -0.05) is 27.2 Å². The maximum absolute atomic E-state index is 7.00. The molecule has 0 bridgehead atoms. The van der Waals surface area contributed by atoms with Crippen LogP contribution in [0.1, 0.15) is 27.2 Å². The second kappa shape index (κ2) is 23.4. The third kappa shape index (κ3) is 15.1. The molecule has 0 saturated heterocycles. The molecule has 0 fully saturated rings. The SMILES string of the molecule is CO.CO.[CH2-]C(CC)N(CC)CC.[Ti]. The molecular weight excluding hydrogens is 214 g/mol. The minimum atomic E-state index is 0. The summed E-state index contributed by atoms with van der Waals surface area (Å²) in [6, 6.07) is 0.514. The zero-order valence-corrected chi connectivity index (χ0v) is 11.8. The molecule has 0 aliphatic rings. The van der Waals surface area contributed by atoms with Gasteiger partial charge in [0.05, 0.1) is 0 Å². The Morgan fingerprint density at radius 1 is 1.00 bits per heavy atom. The topological polar surface area (TPSA) is 43.7 Å². The first-order valence-electron chi connectivity index (χ1n) is 4.72. The van der Waals surface area contributed by atoms with Gasteiger partial charge in [-0.05, 0) is 13.1 Å². The zero-order valence-electron chi connectivity index (χ0n) is 10.2. The third-order valence-electron chi connectivity index (χ3n) is 1.80. The Morgan fingerprint density at radius 3 is 1.36 bits per heavy atom. The first kappa shape index (κ1) is 24.0. The van der Waals surface area contributed by atoms with Crippen LogP contribution in [0, 0.1) is 6.92 Å². The number of hydrogen-bond acceptors (Lipinski definition) is 3. The molecule has 0 aliphatic carbocycles. The van der Waals surface area contributed by atoms with Crippen molar-refractivity contribution in [3.8, 4) is 0 Å². The molecule has 0 spiro atoms. The quantitative estimate of drug-likeness (QED) is 0.572. The van der Waals surface area contributed by atoms with Crippen LogP contribution in [0.15, 0.2) is 0 Å². The van der Waals surface area contributed by atoms with Gasteiger partial charge < -0.3 is 22.0 Å². The molecule has 2 N–H and O–H groups in total. The molecule has 0 aliphatic heterocycles. The van der Waals surface area contributed by atoms with Gasteiger partial charge >= 0.3 is 0 Å². The van der Waals surface area contributed by atoms with Crippen molar-refractivity contribution in [2.75, 3.05) is 27.3 Å². The number of aliphatic hydroxyl groups is 2. The first-order valence-corrected chi connectivity index (χ1v) is 4.72. The average molecular weight is 240 g/mol. The number of rotatable bonds is 4. The van der Waals surface area contributed by atoms with E-state index in [1.807, 2.05) is 0 Å². The summed E-state index contributed by atoms with van der Waals surface area (Å²) < 4.78 is 0. The van der Waals surface area contributed by atoms with Gasteiger partial charge in [0.2, 0.25) is 0 Å². The average Bonchev–Trinajstić information content (AvgIpc) is 2.25.